The van der Waals surface area contributed by atoms with Crippen LogP contribution in [0.15, 0.2) is 0 Å². The molecular formula is C11H21NO5. The van der Waals surface area contributed by atoms with Crippen molar-refractivity contribution in [3.8, 4) is 0 Å². The van der Waals surface area contributed by atoms with E-state index in [0.29, 0.717) is 26.2 Å². The Bertz CT molecular complexity index is 256. The second kappa shape index (κ2) is 8.03. The molecule has 6 heteroatoms. The van der Waals surface area contributed by atoms with E-state index in [1.807, 2.05) is 6.92 Å². The second-order valence-electron chi connectivity index (χ2n) is 3.79. The summed E-state index contributed by atoms with van der Waals surface area (Å²) in [4.78, 5) is 22.3. The number of amides is 1. The lowest BCUT2D eigenvalue weighted by molar-refractivity contribution is -0.147. The number of carbonyl (C=O) groups excluding carboxylic acids is 1. The molecule has 0 saturated carbocycles. The molecular weight excluding hydrogens is 226 g/mol. The molecule has 1 unspecified atom stereocenters. The quantitative estimate of drug-likeness (QED) is 0.576. The Hall–Kier alpha value is -1.14. The summed E-state index contributed by atoms with van der Waals surface area (Å²) in [6.45, 7) is 6.22. The number of nitrogens with one attached hydrogen (secondary N) is 1. The minimum absolute atomic E-state index is 0.157. The van der Waals surface area contributed by atoms with Gasteiger partial charge < -0.3 is 19.9 Å². The molecule has 0 saturated heterocycles. The molecule has 0 heterocycles. The van der Waals surface area contributed by atoms with Gasteiger partial charge in [-0.1, -0.05) is 6.92 Å². The molecule has 0 aliphatic carbocycles. The van der Waals surface area contributed by atoms with E-state index in [-0.39, 0.29) is 6.61 Å². The topological polar surface area (TPSA) is 84.9 Å². The fourth-order valence-electron chi connectivity index (χ4n) is 1.06. The molecule has 6 nitrogen and oxygen atoms in total. The summed E-state index contributed by atoms with van der Waals surface area (Å²) in [7, 11) is 0. The van der Waals surface area contributed by atoms with Gasteiger partial charge in [-0.25, -0.2) is 4.79 Å². The minimum atomic E-state index is -1.24. The summed E-state index contributed by atoms with van der Waals surface area (Å²) >= 11 is 0. The highest BCUT2D eigenvalue weighted by atomic mass is 16.5. The summed E-state index contributed by atoms with van der Waals surface area (Å²) in [5.41, 5.74) is -1.24. The van der Waals surface area contributed by atoms with Crippen molar-refractivity contribution >= 4 is 11.9 Å². The van der Waals surface area contributed by atoms with E-state index in [9.17, 15) is 9.59 Å². The number of aliphatic carboxylic acids is 1. The van der Waals surface area contributed by atoms with Gasteiger partial charge in [0, 0.05) is 6.61 Å². The van der Waals surface area contributed by atoms with Crippen LogP contribution in [0.5, 0.6) is 0 Å². The zero-order valence-electron chi connectivity index (χ0n) is 10.6. The Morgan fingerprint density at radius 2 is 1.82 bits per heavy atom. The Morgan fingerprint density at radius 3 is 2.29 bits per heavy atom. The molecule has 0 aliphatic heterocycles. The summed E-state index contributed by atoms with van der Waals surface area (Å²) in [5, 5.41) is 11.4. The van der Waals surface area contributed by atoms with Gasteiger partial charge in [-0.2, -0.15) is 0 Å². The Balaban J connectivity index is 3.88. The molecule has 0 aliphatic rings. The first-order chi connectivity index (χ1) is 7.96. The maximum absolute atomic E-state index is 11.4. The van der Waals surface area contributed by atoms with Crippen LogP contribution in [0.3, 0.4) is 0 Å². The third-order valence-corrected chi connectivity index (χ3v) is 2.40. The standard InChI is InChI=1S/C11H21NO5/c1-4-11(3,10(14)15)12-9(13)8-17-7-6-16-5-2/h4-8H2,1-3H3,(H,12,13)(H,14,15). The van der Waals surface area contributed by atoms with Gasteiger partial charge in [-0.05, 0) is 20.3 Å². The zero-order valence-corrected chi connectivity index (χ0v) is 10.6. The maximum atomic E-state index is 11.4. The predicted octanol–water partition coefficient (Wildman–Crippen LogP) is 0.409. The van der Waals surface area contributed by atoms with E-state index in [2.05, 4.69) is 5.32 Å². The molecule has 0 aromatic heterocycles. The average Bonchev–Trinajstić information content (AvgIpc) is 2.28. The van der Waals surface area contributed by atoms with Gasteiger partial charge in [0.25, 0.3) is 0 Å². The van der Waals surface area contributed by atoms with Crippen molar-refractivity contribution in [2.45, 2.75) is 32.7 Å². The summed E-state index contributed by atoms with van der Waals surface area (Å²) in [6, 6.07) is 0. The molecule has 0 bridgehead atoms. The van der Waals surface area contributed by atoms with E-state index in [0.717, 1.165) is 0 Å². The van der Waals surface area contributed by atoms with Crippen molar-refractivity contribution in [3.05, 3.63) is 0 Å². The van der Waals surface area contributed by atoms with Crippen molar-refractivity contribution in [2.75, 3.05) is 26.4 Å². The monoisotopic (exact) mass is 247 g/mol. The van der Waals surface area contributed by atoms with Crippen LogP contribution in [-0.4, -0.2) is 48.9 Å². The van der Waals surface area contributed by atoms with Gasteiger partial charge in [0.2, 0.25) is 5.91 Å². The molecule has 0 aromatic rings. The molecule has 17 heavy (non-hydrogen) atoms. The number of hydrogen-bond acceptors (Lipinski definition) is 4. The molecule has 1 amide bonds. The van der Waals surface area contributed by atoms with Crippen LogP contribution in [0.25, 0.3) is 0 Å². The van der Waals surface area contributed by atoms with Gasteiger partial charge in [0.05, 0.1) is 13.2 Å². The Labute approximate surface area is 101 Å². The normalized spacial score (nSPS) is 14.1. The highest BCUT2D eigenvalue weighted by molar-refractivity contribution is 5.87. The largest absolute Gasteiger partial charge is 0.480 e. The lowest BCUT2D eigenvalue weighted by atomic mass is 9.99. The SMILES string of the molecule is CCOCCOCC(=O)NC(C)(CC)C(=O)O. The Kier molecular flexibility index (Phi) is 7.49. The first-order valence-electron chi connectivity index (χ1n) is 5.66. The summed E-state index contributed by atoms with van der Waals surface area (Å²) in [5.74, 6) is -1.49. The van der Waals surface area contributed by atoms with E-state index in [1.54, 1.807) is 6.92 Å². The Morgan fingerprint density at radius 1 is 1.24 bits per heavy atom. The van der Waals surface area contributed by atoms with Crippen molar-refractivity contribution in [3.63, 3.8) is 0 Å². The number of hydrogen-bond donors (Lipinski definition) is 2. The van der Waals surface area contributed by atoms with E-state index >= 15 is 0 Å². The van der Waals surface area contributed by atoms with Crippen molar-refractivity contribution in [1.82, 2.24) is 5.32 Å². The van der Waals surface area contributed by atoms with Gasteiger partial charge in [-0.3, -0.25) is 4.79 Å². The molecule has 0 fully saturated rings. The van der Waals surface area contributed by atoms with Crippen LogP contribution in [0.4, 0.5) is 0 Å². The van der Waals surface area contributed by atoms with Crippen molar-refractivity contribution < 1.29 is 24.2 Å². The van der Waals surface area contributed by atoms with Crippen LogP contribution in [0, 0.1) is 0 Å². The summed E-state index contributed by atoms with van der Waals surface area (Å²) < 4.78 is 10.1. The van der Waals surface area contributed by atoms with Crippen LogP contribution in [0.1, 0.15) is 27.2 Å². The average molecular weight is 247 g/mol. The highest BCUT2D eigenvalue weighted by Crippen LogP contribution is 2.08. The van der Waals surface area contributed by atoms with E-state index < -0.39 is 17.4 Å². The zero-order chi connectivity index (χ0) is 13.3. The molecule has 100 valence electrons. The first-order valence-corrected chi connectivity index (χ1v) is 5.66. The minimum Gasteiger partial charge on any atom is -0.480 e. The fraction of sp³-hybridized carbons (Fsp3) is 0.818. The molecule has 0 spiro atoms. The van der Waals surface area contributed by atoms with Crippen molar-refractivity contribution in [1.29, 1.82) is 0 Å². The van der Waals surface area contributed by atoms with Gasteiger partial charge in [-0.15, -0.1) is 0 Å². The number of ether oxygens (including phenoxy) is 2. The van der Waals surface area contributed by atoms with Gasteiger partial charge >= 0.3 is 5.97 Å². The molecule has 0 aromatic carbocycles. The first kappa shape index (κ1) is 15.9. The summed E-state index contributed by atoms with van der Waals surface area (Å²) in [6.07, 6.45) is 0.313. The molecule has 1 atom stereocenters. The fourth-order valence-corrected chi connectivity index (χ4v) is 1.06. The lowest BCUT2D eigenvalue weighted by Crippen LogP contribution is -2.52. The van der Waals surface area contributed by atoms with Crippen molar-refractivity contribution in [2.24, 2.45) is 0 Å². The number of carboxylic acids is 1. The van der Waals surface area contributed by atoms with Crippen LogP contribution in [0.2, 0.25) is 0 Å². The van der Waals surface area contributed by atoms with Crippen LogP contribution >= 0.6 is 0 Å². The lowest BCUT2D eigenvalue weighted by Gasteiger charge is -2.24. The maximum Gasteiger partial charge on any atom is 0.329 e. The number of rotatable bonds is 9. The third-order valence-electron chi connectivity index (χ3n) is 2.40. The van der Waals surface area contributed by atoms with Crippen LogP contribution in [-0.2, 0) is 19.1 Å². The number of carbonyl (C=O) groups is 2. The molecule has 2 N–H and O–H groups in total. The van der Waals surface area contributed by atoms with Gasteiger partial charge in [0.1, 0.15) is 12.1 Å². The van der Waals surface area contributed by atoms with Gasteiger partial charge in [0.15, 0.2) is 0 Å². The third kappa shape index (κ3) is 6.23. The molecule has 0 rings (SSSR count). The highest BCUT2D eigenvalue weighted by Gasteiger charge is 2.32. The van der Waals surface area contributed by atoms with Crippen LogP contribution < -0.4 is 5.32 Å². The van der Waals surface area contributed by atoms with E-state index in [1.165, 1.54) is 6.92 Å². The molecule has 0 radical (unpaired) electrons. The number of carboxylic acid groups (broad SMARTS) is 1. The van der Waals surface area contributed by atoms with E-state index in [4.69, 9.17) is 14.6 Å². The second-order valence-corrected chi connectivity index (χ2v) is 3.79. The smallest absolute Gasteiger partial charge is 0.329 e. The predicted molar refractivity (Wildman–Crippen MR) is 61.8 cm³/mol.